The zero-order valence-electron chi connectivity index (χ0n) is 9.98. The molecule has 4 heterocycles. The molecule has 0 saturated carbocycles. The summed E-state index contributed by atoms with van der Waals surface area (Å²) in [6.07, 6.45) is 0. The molecule has 4 aliphatic heterocycles. The summed E-state index contributed by atoms with van der Waals surface area (Å²) in [6.45, 7) is 5.74. The minimum Gasteiger partial charge on any atom is -0.256 e. The van der Waals surface area contributed by atoms with Gasteiger partial charge in [-0.25, -0.2) is 10.2 Å². The summed E-state index contributed by atoms with van der Waals surface area (Å²) in [5.74, 6) is 0. The molecule has 7 N–H and O–H groups in total. The van der Waals surface area contributed by atoms with Gasteiger partial charge in [-0.15, -0.1) is 10.2 Å². The van der Waals surface area contributed by atoms with Crippen molar-refractivity contribution in [3.8, 4) is 0 Å². The minimum atomic E-state index is -1.93. The molecule has 0 bridgehead atoms. The predicted octanol–water partition coefficient (Wildman–Crippen LogP) is -0.262. The molecule has 0 aromatic heterocycles. The molecule has 102 valence electrons. The molecule has 0 atom stereocenters. The standard InChI is InChI=1S/C6H19N9P3/c1-2-8-16(7-1)13-17(9-3-4-10-17)15-18(14-16)11-5-6-12-18/h7-13H,1-6H2/q+1. The lowest BCUT2D eigenvalue weighted by Crippen LogP contribution is -2.34. The van der Waals surface area contributed by atoms with Gasteiger partial charge in [0.25, 0.3) is 7.51 Å². The summed E-state index contributed by atoms with van der Waals surface area (Å²) < 4.78 is 10.0. The molecule has 0 aromatic carbocycles. The number of rotatable bonds is 0. The van der Waals surface area contributed by atoms with Crippen LogP contribution in [-0.4, -0.2) is 39.3 Å². The Balaban J connectivity index is 1.83. The van der Waals surface area contributed by atoms with Crippen LogP contribution < -0.4 is 35.4 Å². The van der Waals surface area contributed by atoms with Crippen molar-refractivity contribution in [3.63, 3.8) is 0 Å². The molecule has 4 rings (SSSR count). The van der Waals surface area contributed by atoms with Gasteiger partial charge >= 0.3 is 7.87 Å². The highest BCUT2D eigenvalue weighted by atomic mass is 31.3. The van der Waals surface area contributed by atoms with Crippen LogP contribution in [0.5, 0.6) is 0 Å². The van der Waals surface area contributed by atoms with Crippen molar-refractivity contribution in [2.24, 2.45) is 9.03 Å². The average Bonchev–Trinajstić information content (AvgIpc) is 3.03. The van der Waals surface area contributed by atoms with Crippen LogP contribution in [0.2, 0.25) is 0 Å². The average molecular weight is 310 g/mol. The second kappa shape index (κ2) is 4.30. The molecule has 3 spiro atoms. The molecule has 12 heteroatoms. The quantitative estimate of drug-likeness (QED) is 0.309. The number of nitrogens with zero attached hydrogens (tertiary/aromatic N) is 2. The Morgan fingerprint density at radius 1 is 0.778 bits per heavy atom. The van der Waals surface area contributed by atoms with Crippen LogP contribution in [0.1, 0.15) is 0 Å². The molecule has 4 aliphatic rings. The van der Waals surface area contributed by atoms with Crippen LogP contribution in [0.25, 0.3) is 0 Å². The van der Waals surface area contributed by atoms with E-state index in [-0.39, 0.29) is 0 Å². The van der Waals surface area contributed by atoms with Crippen molar-refractivity contribution in [3.05, 3.63) is 0 Å². The van der Waals surface area contributed by atoms with E-state index in [1.54, 1.807) is 0 Å². The Labute approximate surface area is 107 Å². The van der Waals surface area contributed by atoms with Gasteiger partial charge in [0, 0.05) is 26.2 Å². The second-order valence-corrected chi connectivity index (χ2v) is 12.5. The zero-order valence-corrected chi connectivity index (χ0v) is 12.7. The molecule has 9 nitrogen and oxygen atoms in total. The van der Waals surface area contributed by atoms with Crippen molar-refractivity contribution >= 4 is 22.9 Å². The highest BCUT2D eigenvalue weighted by Gasteiger charge is 2.54. The molecule has 0 aromatic rings. The molecule has 18 heavy (non-hydrogen) atoms. The fourth-order valence-corrected chi connectivity index (χ4v) is 14.9. The van der Waals surface area contributed by atoms with E-state index in [1.807, 2.05) is 0 Å². The van der Waals surface area contributed by atoms with E-state index in [1.165, 1.54) is 0 Å². The van der Waals surface area contributed by atoms with E-state index in [2.05, 4.69) is 35.4 Å². The van der Waals surface area contributed by atoms with E-state index < -0.39 is 22.9 Å². The van der Waals surface area contributed by atoms with Crippen molar-refractivity contribution in [2.45, 2.75) is 0 Å². The first-order valence-electron chi connectivity index (χ1n) is 6.21. The van der Waals surface area contributed by atoms with Crippen LogP contribution in [0.3, 0.4) is 0 Å². The van der Waals surface area contributed by atoms with Gasteiger partial charge in [-0.2, -0.15) is 4.52 Å². The third-order valence-electron chi connectivity index (χ3n) is 3.22. The number of hydrogen-bond acceptors (Lipinski definition) is 9. The summed E-state index contributed by atoms with van der Waals surface area (Å²) in [7, 11) is -5.61. The Morgan fingerprint density at radius 3 is 2.06 bits per heavy atom. The number of hydrogen-bond donors (Lipinski definition) is 7. The van der Waals surface area contributed by atoms with Crippen LogP contribution >= 0.6 is 22.9 Å². The highest BCUT2D eigenvalue weighted by molar-refractivity contribution is 7.89. The fraction of sp³-hybridized carbons (Fsp3) is 1.00. The van der Waals surface area contributed by atoms with Crippen molar-refractivity contribution in [2.75, 3.05) is 39.3 Å². The van der Waals surface area contributed by atoms with E-state index >= 15 is 0 Å². The summed E-state index contributed by atoms with van der Waals surface area (Å²) in [6, 6.07) is 0. The largest absolute Gasteiger partial charge is 0.357 e. The SMILES string of the molecule is C1CNP2(=N[P+]3(NCCN3)NP3(=N2)NCCN3)N1. The topological polar surface area (TPSA) is 109 Å². The van der Waals surface area contributed by atoms with Gasteiger partial charge in [0.05, 0.1) is 13.1 Å². The predicted molar refractivity (Wildman–Crippen MR) is 76.8 cm³/mol. The Bertz CT molecular complexity index is 449. The lowest BCUT2D eigenvalue weighted by atomic mass is 10.7. The lowest BCUT2D eigenvalue weighted by molar-refractivity contribution is 0.942. The van der Waals surface area contributed by atoms with Crippen molar-refractivity contribution in [1.29, 1.82) is 0 Å². The monoisotopic (exact) mass is 310 g/mol. The zero-order chi connectivity index (χ0) is 12.1. The molecule has 0 amide bonds. The maximum atomic E-state index is 5.01. The first kappa shape index (κ1) is 12.4. The smallest absolute Gasteiger partial charge is 0.256 e. The summed E-state index contributed by atoms with van der Waals surface area (Å²) >= 11 is 0. The van der Waals surface area contributed by atoms with Gasteiger partial charge in [-0.05, 0) is 4.52 Å². The Kier molecular flexibility index (Phi) is 2.95. The van der Waals surface area contributed by atoms with E-state index in [9.17, 15) is 0 Å². The van der Waals surface area contributed by atoms with Gasteiger partial charge < -0.3 is 0 Å². The van der Waals surface area contributed by atoms with Gasteiger partial charge in [0.2, 0.25) is 7.51 Å². The Hall–Kier alpha value is 0.610. The normalized spacial score (nSPS) is 35.1. The molecule has 3 saturated heterocycles. The van der Waals surface area contributed by atoms with Crippen LogP contribution in [-0.2, 0) is 0 Å². The third-order valence-corrected chi connectivity index (χ3v) is 13.8. The molecule has 0 unspecified atom stereocenters. The van der Waals surface area contributed by atoms with Gasteiger partial charge in [0.1, 0.15) is 0 Å². The third kappa shape index (κ3) is 1.95. The summed E-state index contributed by atoms with van der Waals surface area (Å²) in [5.41, 5.74) is 0. The maximum absolute atomic E-state index is 5.01. The molecule has 0 radical (unpaired) electrons. The minimum absolute atomic E-state index is 0.945. The molecule has 0 aliphatic carbocycles. The van der Waals surface area contributed by atoms with E-state index in [4.69, 9.17) is 9.03 Å². The lowest BCUT2D eigenvalue weighted by Gasteiger charge is -2.32. The first-order valence-corrected chi connectivity index (χ1v) is 11.4. The Morgan fingerprint density at radius 2 is 1.39 bits per heavy atom. The van der Waals surface area contributed by atoms with Crippen LogP contribution in [0.15, 0.2) is 9.03 Å². The van der Waals surface area contributed by atoms with Crippen LogP contribution in [0.4, 0.5) is 0 Å². The molecular formula is C6H19N9P3+. The van der Waals surface area contributed by atoms with E-state index in [0.29, 0.717) is 0 Å². The van der Waals surface area contributed by atoms with E-state index in [0.717, 1.165) is 39.3 Å². The summed E-state index contributed by atoms with van der Waals surface area (Å²) in [5, 5.41) is 21.1. The first-order chi connectivity index (χ1) is 8.74. The van der Waals surface area contributed by atoms with Gasteiger partial charge in [-0.3, -0.25) is 10.2 Å². The molecular weight excluding hydrogens is 291 g/mol. The fourth-order valence-electron chi connectivity index (χ4n) is 2.51. The molecule has 3 fully saturated rings. The maximum Gasteiger partial charge on any atom is 0.357 e. The van der Waals surface area contributed by atoms with Crippen molar-refractivity contribution < 1.29 is 0 Å². The number of nitrogens with one attached hydrogen (secondary N) is 7. The van der Waals surface area contributed by atoms with Crippen molar-refractivity contribution in [1.82, 2.24) is 35.4 Å². The van der Waals surface area contributed by atoms with Gasteiger partial charge in [-0.1, -0.05) is 4.86 Å². The highest BCUT2D eigenvalue weighted by Crippen LogP contribution is 2.72. The van der Waals surface area contributed by atoms with Gasteiger partial charge in [0.15, 0.2) is 0 Å². The second-order valence-electron chi connectivity index (χ2n) is 4.60. The van der Waals surface area contributed by atoms with Crippen LogP contribution in [0, 0.1) is 0 Å². The summed E-state index contributed by atoms with van der Waals surface area (Å²) in [4.78, 5) is 3.65.